The van der Waals surface area contributed by atoms with Gasteiger partial charge in [-0.25, -0.2) is 0 Å². The Morgan fingerprint density at radius 3 is 2.53 bits per heavy atom. The molecule has 0 aromatic heterocycles. The highest BCUT2D eigenvalue weighted by Crippen LogP contribution is 2.20. The molecule has 0 aromatic rings. The van der Waals surface area contributed by atoms with Gasteiger partial charge in [-0.1, -0.05) is 0 Å². The van der Waals surface area contributed by atoms with E-state index in [4.69, 9.17) is 4.74 Å². The minimum absolute atomic E-state index is 0.566. The van der Waals surface area contributed by atoms with Gasteiger partial charge in [0.1, 0.15) is 0 Å². The van der Waals surface area contributed by atoms with Crippen LogP contribution < -0.4 is 0 Å². The normalized spacial score (nSPS) is 26.7. The van der Waals surface area contributed by atoms with Gasteiger partial charge < -0.3 is 14.5 Å². The van der Waals surface area contributed by atoms with Crippen LogP contribution in [0.2, 0.25) is 0 Å². The van der Waals surface area contributed by atoms with Crippen LogP contribution in [0.5, 0.6) is 0 Å². The minimum atomic E-state index is 0.566. The summed E-state index contributed by atoms with van der Waals surface area (Å²) < 4.78 is 5.70. The minimum Gasteiger partial charge on any atom is -0.378 e. The number of piperidine rings is 1. The van der Waals surface area contributed by atoms with Crippen LogP contribution in [0.15, 0.2) is 0 Å². The molecule has 1 atom stereocenters. The van der Waals surface area contributed by atoms with Gasteiger partial charge in [-0.2, -0.15) is 0 Å². The Morgan fingerprint density at radius 2 is 1.95 bits per heavy atom. The lowest BCUT2D eigenvalue weighted by Crippen LogP contribution is -2.45. The Labute approximate surface area is 119 Å². The smallest absolute Gasteiger partial charge is 0.0576 e. The number of rotatable bonds is 6. The van der Waals surface area contributed by atoms with E-state index in [0.717, 1.165) is 12.6 Å². The molecule has 19 heavy (non-hydrogen) atoms. The summed E-state index contributed by atoms with van der Waals surface area (Å²) in [6.07, 6.45) is 8.37. The van der Waals surface area contributed by atoms with Gasteiger partial charge in [-0.05, 0) is 79.1 Å². The Hall–Kier alpha value is -0.120. The SMILES string of the molecule is CC(C)N1CCC(N(C)CCC[C@H]2CCCO2)CC1. The first-order chi connectivity index (χ1) is 9.16. The van der Waals surface area contributed by atoms with E-state index in [9.17, 15) is 0 Å². The fraction of sp³-hybridized carbons (Fsp3) is 1.00. The second kappa shape index (κ2) is 7.61. The molecule has 2 aliphatic rings. The summed E-state index contributed by atoms with van der Waals surface area (Å²) in [5.41, 5.74) is 0. The maximum Gasteiger partial charge on any atom is 0.0576 e. The second-order valence-corrected chi connectivity index (χ2v) is 6.62. The summed E-state index contributed by atoms with van der Waals surface area (Å²) in [4.78, 5) is 5.20. The fourth-order valence-electron chi connectivity index (χ4n) is 3.47. The molecule has 0 bridgehead atoms. The first kappa shape index (κ1) is 15.3. The number of likely N-dealkylation sites (tertiary alicyclic amines) is 1. The molecule has 0 spiro atoms. The van der Waals surface area contributed by atoms with E-state index in [1.54, 1.807) is 0 Å². The van der Waals surface area contributed by atoms with Gasteiger partial charge in [0.05, 0.1) is 6.10 Å². The number of ether oxygens (including phenoxy) is 1. The Morgan fingerprint density at radius 1 is 1.21 bits per heavy atom. The van der Waals surface area contributed by atoms with Crippen molar-refractivity contribution in [3.05, 3.63) is 0 Å². The van der Waals surface area contributed by atoms with Gasteiger partial charge in [0.2, 0.25) is 0 Å². The summed E-state index contributed by atoms with van der Waals surface area (Å²) in [6, 6.07) is 1.52. The average Bonchev–Trinajstić information content (AvgIpc) is 2.92. The predicted octanol–water partition coefficient (Wildman–Crippen LogP) is 2.75. The molecule has 0 radical (unpaired) electrons. The third kappa shape index (κ3) is 4.73. The molecular weight excluding hydrogens is 236 g/mol. The quantitative estimate of drug-likeness (QED) is 0.737. The molecule has 2 heterocycles. The summed E-state index contributed by atoms with van der Waals surface area (Å²) in [6.45, 7) is 9.41. The Kier molecular flexibility index (Phi) is 6.11. The molecule has 3 heteroatoms. The molecule has 0 N–H and O–H groups in total. The molecule has 112 valence electrons. The molecule has 0 saturated carbocycles. The third-order valence-electron chi connectivity index (χ3n) is 4.91. The molecule has 2 rings (SSSR count). The molecule has 0 amide bonds. The van der Waals surface area contributed by atoms with Gasteiger partial charge in [-0.3, -0.25) is 0 Å². The lowest BCUT2D eigenvalue weighted by Gasteiger charge is -2.38. The zero-order valence-electron chi connectivity index (χ0n) is 13.1. The highest BCUT2D eigenvalue weighted by Gasteiger charge is 2.23. The highest BCUT2D eigenvalue weighted by atomic mass is 16.5. The lowest BCUT2D eigenvalue weighted by atomic mass is 10.0. The first-order valence-corrected chi connectivity index (χ1v) is 8.22. The van der Waals surface area contributed by atoms with Crippen molar-refractivity contribution in [1.82, 2.24) is 9.80 Å². The largest absolute Gasteiger partial charge is 0.378 e. The van der Waals surface area contributed by atoms with Gasteiger partial charge in [-0.15, -0.1) is 0 Å². The standard InChI is InChI=1S/C16H32N2O/c1-14(2)18-11-8-15(9-12-18)17(3)10-4-6-16-7-5-13-19-16/h14-16H,4-13H2,1-3H3/t16-/m0/s1. The van der Waals surface area contributed by atoms with E-state index < -0.39 is 0 Å². The van der Waals surface area contributed by atoms with Crippen molar-refractivity contribution in [3.63, 3.8) is 0 Å². The first-order valence-electron chi connectivity index (χ1n) is 8.22. The summed E-state index contributed by atoms with van der Waals surface area (Å²) in [5.74, 6) is 0. The summed E-state index contributed by atoms with van der Waals surface area (Å²) >= 11 is 0. The van der Waals surface area contributed by atoms with E-state index in [0.29, 0.717) is 12.1 Å². The van der Waals surface area contributed by atoms with Crippen molar-refractivity contribution in [1.29, 1.82) is 0 Å². The number of hydrogen-bond donors (Lipinski definition) is 0. The monoisotopic (exact) mass is 268 g/mol. The molecule has 0 aromatic carbocycles. The zero-order chi connectivity index (χ0) is 13.7. The second-order valence-electron chi connectivity index (χ2n) is 6.62. The van der Waals surface area contributed by atoms with E-state index in [2.05, 4.69) is 30.7 Å². The van der Waals surface area contributed by atoms with E-state index in [1.807, 2.05) is 0 Å². The van der Waals surface area contributed by atoms with Crippen LogP contribution in [-0.2, 0) is 4.74 Å². The summed E-state index contributed by atoms with van der Waals surface area (Å²) in [5, 5.41) is 0. The van der Waals surface area contributed by atoms with E-state index in [-0.39, 0.29) is 0 Å². The highest BCUT2D eigenvalue weighted by molar-refractivity contribution is 4.80. The molecular formula is C16H32N2O. The van der Waals surface area contributed by atoms with Crippen molar-refractivity contribution in [2.75, 3.05) is 33.3 Å². The van der Waals surface area contributed by atoms with Gasteiger partial charge >= 0.3 is 0 Å². The average molecular weight is 268 g/mol. The molecule has 0 aliphatic carbocycles. The van der Waals surface area contributed by atoms with Gasteiger partial charge in [0, 0.05) is 18.7 Å². The molecule has 2 aliphatic heterocycles. The number of nitrogens with zero attached hydrogens (tertiary/aromatic N) is 2. The van der Waals surface area contributed by atoms with Gasteiger partial charge in [0.15, 0.2) is 0 Å². The van der Waals surface area contributed by atoms with Crippen molar-refractivity contribution in [2.45, 2.75) is 70.6 Å². The third-order valence-corrected chi connectivity index (χ3v) is 4.91. The van der Waals surface area contributed by atoms with Gasteiger partial charge in [0.25, 0.3) is 0 Å². The van der Waals surface area contributed by atoms with Crippen LogP contribution in [0.25, 0.3) is 0 Å². The van der Waals surface area contributed by atoms with Crippen molar-refractivity contribution < 1.29 is 4.74 Å². The van der Waals surface area contributed by atoms with Crippen LogP contribution in [-0.4, -0.2) is 61.3 Å². The van der Waals surface area contributed by atoms with Crippen LogP contribution in [0.4, 0.5) is 0 Å². The van der Waals surface area contributed by atoms with Crippen LogP contribution in [0, 0.1) is 0 Å². The van der Waals surface area contributed by atoms with Crippen LogP contribution >= 0.6 is 0 Å². The summed E-state index contributed by atoms with van der Waals surface area (Å²) in [7, 11) is 2.31. The lowest BCUT2D eigenvalue weighted by molar-refractivity contribution is 0.0871. The Balaban J connectivity index is 1.59. The molecule has 2 fully saturated rings. The van der Waals surface area contributed by atoms with E-state index >= 15 is 0 Å². The van der Waals surface area contributed by atoms with Crippen LogP contribution in [0.1, 0.15) is 52.4 Å². The Bertz CT molecular complexity index is 243. The zero-order valence-corrected chi connectivity index (χ0v) is 13.1. The van der Waals surface area contributed by atoms with Crippen LogP contribution in [0.3, 0.4) is 0 Å². The van der Waals surface area contributed by atoms with Crippen molar-refractivity contribution >= 4 is 0 Å². The van der Waals surface area contributed by atoms with Crippen molar-refractivity contribution in [2.24, 2.45) is 0 Å². The fourth-order valence-corrected chi connectivity index (χ4v) is 3.47. The molecule has 2 saturated heterocycles. The molecule has 0 unspecified atom stereocenters. The molecule has 3 nitrogen and oxygen atoms in total. The van der Waals surface area contributed by atoms with E-state index in [1.165, 1.54) is 58.2 Å². The predicted molar refractivity (Wildman–Crippen MR) is 80.6 cm³/mol. The maximum atomic E-state index is 5.70. The topological polar surface area (TPSA) is 15.7 Å². The maximum absolute atomic E-state index is 5.70. The van der Waals surface area contributed by atoms with Crippen molar-refractivity contribution in [3.8, 4) is 0 Å². The number of hydrogen-bond acceptors (Lipinski definition) is 3.